The zero-order chi connectivity index (χ0) is 20.8. The third kappa shape index (κ3) is 7.44. The molecule has 7 nitrogen and oxygen atoms in total. The van der Waals surface area contributed by atoms with Crippen LogP contribution in [0.5, 0.6) is 0 Å². The molecule has 11 heteroatoms. The first-order chi connectivity index (χ1) is 14.0. The van der Waals surface area contributed by atoms with Crippen LogP contribution in [0.25, 0.3) is 0 Å². The maximum Gasteiger partial charge on any atom is 0.245 e. The van der Waals surface area contributed by atoms with Gasteiger partial charge in [0.25, 0.3) is 0 Å². The summed E-state index contributed by atoms with van der Waals surface area (Å²) >= 11 is 2.24. The fourth-order valence-corrected chi connectivity index (χ4v) is 3.71. The van der Waals surface area contributed by atoms with Gasteiger partial charge in [-0.3, -0.25) is 9.79 Å². The molecule has 0 bridgehead atoms. The number of carbonyl (C=O) groups is 1. The highest BCUT2D eigenvalue weighted by Crippen LogP contribution is 2.34. The topological polar surface area (TPSA) is 86.8 Å². The number of amides is 1. The molecule has 0 saturated carbocycles. The average Bonchev–Trinajstić information content (AvgIpc) is 2.69. The summed E-state index contributed by atoms with van der Waals surface area (Å²) in [5, 5.41) is 3.13. The minimum atomic E-state index is -0.559. The lowest BCUT2D eigenvalue weighted by atomic mass is 10.1. The number of rotatable bonds is 9. The Morgan fingerprint density at radius 1 is 1.29 bits per heavy atom. The molecule has 2 aromatic rings. The molecule has 0 saturated heterocycles. The van der Waals surface area contributed by atoms with Gasteiger partial charge in [-0.05, 0) is 59.5 Å². The molecule has 1 atom stereocenters. The Morgan fingerprint density at radius 2 is 2.06 bits per heavy atom. The Hall–Kier alpha value is -1.69. The van der Waals surface area contributed by atoms with Gasteiger partial charge in [0.15, 0.2) is 0 Å². The molecule has 3 rings (SSSR count). The van der Waals surface area contributed by atoms with Crippen LogP contribution in [-0.2, 0) is 4.79 Å². The molecule has 170 valence electrons. The van der Waals surface area contributed by atoms with Gasteiger partial charge in [0, 0.05) is 36.0 Å². The van der Waals surface area contributed by atoms with E-state index in [0.29, 0.717) is 18.9 Å². The third-order valence-electron chi connectivity index (χ3n) is 4.78. The third-order valence-corrected chi connectivity index (χ3v) is 5.45. The highest BCUT2D eigenvalue weighted by molar-refractivity contribution is 14.1. The summed E-state index contributed by atoms with van der Waals surface area (Å²) in [5.41, 5.74) is 7.36. The van der Waals surface area contributed by atoms with E-state index < -0.39 is 17.9 Å². The van der Waals surface area contributed by atoms with Crippen molar-refractivity contribution in [3.63, 3.8) is 0 Å². The van der Waals surface area contributed by atoms with E-state index in [1.807, 2.05) is 23.1 Å². The Balaban J connectivity index is 0.00000240. The Morgan fingerprint density at radius 3 is 2.74 bits per heavy atom. The number of pyridine rings is 1. The molecule has 0 aliphatic carbocycles. The molecule has 2 heterocycles. The number of nitrogens with one attached hydrogen (secondary N) is 1. The summed E-state index contributed by atoms with van der Waals surface area (Å²) in [4.78, 5) is 24.4. The van der Waals surface area contributed by atoms with Gasteiger partial charge in [-0.15, -0.1) is 24.8 Å². The normalized spacial score (nSPS) is 14.5. The number of aliphatic imine (C=N–C) groups is 1. The first-order valence-electron chi connectivity index (χ1n) is 9.46. The minimum Gasteiger partial charge on any atom is -0.369 e. The number of aromatic nitrogens is 1. The lowest BCUT2D eigenvalue weighted by Crippen LogP contribution is -2.50. The second kappa shape index (κ2) is 13.0. The van der Waals surface area contributed by atoms with Gasteiger partial charge in [0.1, 0.15) is 11.9 Å². The highest BCUT2D eigenvalue weighted by Gasteiger charge is 2.28. The molecule has 1 unspecified atom stereocenters. The van der Waals surface area contributed by atoms with Gasteiger partial charge in [0.2, 0.25) is 11.9 Å². The van der Waals surface area contributed by atoms with Gasteiger partial charge in [-0.1, -0.05) is 13.0 Å². The van der Waals surface area contributed by atoms with E-state index in [0.717, 1.165) is 34.6 Å². The van der Waals surface area contributed by atoms with Crippen molar-refractivity contribution in [2.45, 2.75) is 13.0 Å². The van der Waals surface area contributed by atoms with E-state index in [1.165, 1.54) is 6.07 Å². The summed E-state index contributed by atoms with van der Waals surface area (Å²) in [6.07, 6.45) is 1.62. The van der Waals surface area contributed by atoms with Crippen LogP contribution in [0.2, 0.25) is 0 Å². The summed E-state index contributed by atoms with van der Waals surface area (Å²) in [6, 6.07) is 10.1. The summed E-state index contributed by atoms with van der Waals surface area (Å²) in [5.74, 6) is -0.398. The number of nitrogens with zero attached hydrogens (tertiary/aromatic N) is 4. The zero-order valence-electron chi connectivity index (χ0n) is 17.0. The molecule has 1 aromatic carbocycles. The van der Waals surface area contributed by atoms with Gasteiger partial charge in [-0.2, -0.15) is 4.39 Å². The van der Waals surface area contributed by atoms with Crippen LogP contribution < -0.4 is 16.0 Å². The molecule has 31 heavy (non-hydrogen) atoms. The fourth-order valence-electron chi connectivity index (χ4n) is 3.24. The second-order valence-corrected chi connectivity index (χ2v) is 7.90. The first kappa shape index (κ1) is 27.3. The Labute approximate surface area is 207 Å². The number of carbonyl (C=O) groups excluding carboxylic acids is 1. The molecule has 1 aliphatic heterocycles. The molecule has 0 spiro atoms. The van der Waals surface area contributed by atoms with Crippen LogP contribution in [0.3, 0.4) is 0 Å². The van der Waals surface area contributed by atoms with E-state index in [9.17, 15) is 9.18 Å². The number of fused-ring (bicyclic) bond motifs is 1. The van der Waals surface area contributed by atoms with E-state index in [1.54, 1.807) is 18.3 Å². The number of anilines is 2. The second-order valence-electron chi connectivity index (χ2n) is 6.66. The Bertz CT molecular complexity index is 904. The monoisotopic (exact) mass is 582 g/mol. The quantitative estimate of drug-likeness (QED) is 0.349. The van der Waals surface area contributed by atoms with Gasteiger partial charge in [-0.25, -0.2) is 4.98 Å². The molecular weight excluding hydrogens is 557 g/mol. The molecule has 1 aliphatic rings. The summed E-state index contributed by atoms with van der Waals surface area (Å²) in [6.45, 7) is 5.72. The van der Waals surface area contributed by atoms with E-state index >= 15 is 0 Å². The largest absolute Gasteiger partial charge is 0.369 e. The Kier molecular flexibility index (Phi) is 11.5. The maximum atomic E-state index is 13.2. The number of halogens is 4. The number of benzene rings is 1. The zero-order valence-corrected chi connectivity index (χ0v) is 20.8. The predicted molar refractivity (Wildman–Crippen MR) is 137 cm³/mol. The highest BCUT2D eigenvalue weighted by atomic mass is 127. The van der Waals surface area contributed by atoms with Crippen molar-refractivity contribution >= 4 is 76.7 Å². The summed E-state index contributed by atoms with van der Waals surface area (Å²) < 4.78 is 14.3. The molecular formula is C20H26Cl2FIN6O. The van der Waals surface area contributed by atoms with Crippen molar-refractivity contribution < 1.29 is 9.18 Å². The van der Waals surface area contributed by atoms with Crippen LogP contribution in [0, 0.1) is 9.52 Å². The first-order valence-corrected chi connectivity index (χ1v) is 10.5. The van der Waals surface area contributed by atoms with Crippen molar-refractivity contribution in [2.24, 2.45) is 10.7 Å². The molecule has 1 amide bonds. The number of hydrogen-bond acceptors (Lipinski definition) is 6. The van der Waals surface area contributed by atoms with Crippen LogP contribution in [-0.4, -0.2) is 60.8 Å². The van der Waals surface area contributed by atoms with Gasteiger partial charge in [0.05, 0.1) is 11.4 Å². The SMILES string of the molecule is CCN(CCNc1cccc(F)n1)CCN1c2ccc(I)cc2N=CC1C(N)=O.Cl.Cl. The van der Waals surface area contributed by atoms with E-state index in [4.69, 9.17) is 5.73 Å². The van der Waals surface area contributed by atoms with Crippen LogP contribution in [0.4, 0.5) is 21.6 Å². The minimum absolute atomic E-state index is 0. The van der Waals surface area contributed by atoms with E-state index in [2.05, 4.69) is 49.7 Å². The van der Waals surface area contributed by atoms with Crippen molar-refractivity contribution in [2.75, 3.05) is 42.9 Å². The fraction of sp³-hybridized carbons (Fsp3) is 0.350. The molecule has 0 fully saturated rings. The van der Waals surface area contributed by atoms with Crippen LogP contribution >= 0.6 is 47.4 Å². The van der Waals surface area contributed by atoms with Crippen molar-refractivity contribution in [1.29, 1.82) is 0 Å². The molecule has 3 N–H and O–H groups in total. The number of nitrogens with two attached hydrogens (primary N) is 1. The predicted octanol–water partition coefficient (Wildman–Crippen LogP) is 3.48. The molecule has 1 aromatic heterocycles. The van der Waals surface area contributed by atoms with Crippen molar-refractivity contribution in [3.05, 3.63) is 45.9 Å². The maximum absolute atomic E-state index is 13.2. The number of likely N-dealkylation sites (N-methyl/N-ethyl adjacent to an activating group) is 1. The molecule has 0 radical (unpaired) electrons. The van der Waals surface area contributed by atoms with E-state index in [-0.39, 0.29) is 24.8 Å². The standard InChI is InChI=1S/C20H24FIN6O.2ClH/c1-2-27(9-8-24-19-5-3-4-18(21)26-19)10-11-28-16-7-6-14(22)12-15(16)25-13-17(28)20(23)29;;/h3-7,12-13,17H,2,8-11H2,1H3,(H2,23,29)(H,24,26);2*1H. The van der Waals surface area contributed by atoms with Gasteiger partial charge >= 0.3 is 0 Å². The average molecular weight is 583 g/mol. The van der Waals surface area contributed by atoms with Gasteiger partial charge < -0.3 is 20.9 Å². The summed E-state index contributed by atoms with van der Waals surface area (Å²) in [7, 11) is 0. The van der Waals surface area contributed by atoms with Crippen molar-refractivity contribution in [3.8, 4) is 0 Å². The lowest BCUT2D eigenvalue weighted by molar-refractivity contribution is -0.117. The van der Waals surface area contributed by atoms with Crippen LogP contribution in [0.1, 0.15) is 6.92 Å². The number of hydrogen-bond donors (Lipinski definition) is 2. The smallest absolute Gasteiger partial charge is 0.245 e. The lowest BCUT2D eigenvalue weighted by Gasteiger charge is -2.35. The number of primary amides is 1. The van der Waals surface area contributed by atoms with Crippen molar-refractivity contribution in [1.82, 2.24) is 9.88 Å². The van der Waals surface area contributed by atoms with Crippen LogP contribution in [0.15, 0.2) is 41.4 Å².